The average Bonchev–Trinajstić information content (AvgIpc) is 2.67. The summed E-state index contributed by atoms with van der Waals surface area (Å²) in [5, 5.41) is 15.1. The van der Waals surface area contributed by atoms with Crippen molar-refractivity contribution in [2.45, 2.75) is 11.3 Å². The van der Waals surface area contributed by atoms with Gasteiger partial charge in [-0.1, -0.05) is 23.7 Å². The summed E-state index contributed by atoms with van der Waals surface area (Å²) in [5.41, 5.74) is 1.74. The van der Waals surface area contributed by atoms with Gasteiger partial charge in [-0.3, -0.25) is 4.79 Å². The quantitative estimate of drug-likeness (QED) is 0.813. The van der Waals surface area contributed by atoms with Crippen molar-refractivity contribution < 1.29 is 13.2 Å². The molecule has 2 aromatic rings. The molecule has 9 heteroatoms. The second-order valence-electron chi connectivity index (χ2n) is 6.51. The molecule has 0 aliphatic carbocycles. The van der Waals surface area contributed by atoms with Crippen molar-refractivity contribution in [3.63, 3.8) is 0 Å². The van der Waals surface area contributed by atoms with Gasteiger partial charge in [0.05, 0.1) is 22.6 Å². The largest absolute Gasteiger partial charge is 0.367 e. The lowest BCUT2D eigenvalue weighted by Gasteiger charge is -2.36. The number of nitrogens with two attached hydrogens (primary N) is 1. The number of hydrogen-bond acceptors (Lipinski definition) is 5. The molecule has 0 saturated carbocycles. The van der Waals surface area contributed by atoms with Gasteiger partial charge in [-0.2, -0.15) is 5.26 Å². The van der Waals surface area contributed by atoms with Gasteiger partial charge in [0.25, 0.3) is 0 Å². The molecular weight excluding hydrogens is 400 g/mol. The first-order valence-corrected chi connectivity index (χ1v) is 10.5. The van der Waals surface area contributed by atoms with E-state index in [4.69, 9.17) is 16.7 Å². The van der Waals surface area contributed by atoms with Gasteiger partial charge in [0.2, 0.25) is 15.9 Å². The highest BCUT2D eigenvalue weighted by Gasteiger charge is 2.23. The van der Waals surface area contributed by atoms with Crippen LogP contribution in [0.5, 0.6) is 0 Å². The highest BCUT2D eigenvalue weighted by atomic mass is 35.5. The Morgan fingerprint density at radius 1 is 1.14 bits per heavy atom. The number of rotatable bonds is 4. The lowest BCUT2D eigenvalue weighted by Crippen LogP contribution is -2.49. The number of anilines is 1. The molecule has 0 bridgehead atoms. The van der Waals surface area contributed by atoms with Gasteiger partial charge < -0.3 is 9.80 Å². The van der Waals surface area contributed by atoms with Crippen LogP contribution in [0.3, 0.4) is 0 Å². The first kappa shape index (κ1) is 20.1. The summed E-state index contributed by atoms with van der Waals surface area (Å²) in [6.45, 7) is 2.12. The summed E-state index contributed by atoms with van der Waals surface area (Å²) in [4.78, 5) is 16.2. The predicted octanol–water partition coefficient (Wildman–Crippen LogP) is 1.75. The minimum Gasteiger partial charge on any atom is -0.367 e. The monoisotopic (exact) mass is 418 g/mol. The predicted molar refractivity (Wildman–Crippen MR) is 106 cm³/mol. The topological polar surface area (TPSA) is 107 Å². The van der Waals surface area contributed by atoms with Crippen molar-refractivity contribution in [1.82, 2.24) is 4.90 Å². The maximum Gasteiger partial charge on any atom is 0.238 e. The molecule has 3 rings (SSSR count). The van der Waals surface area contributed by atoms with Gasteiger partial charge in [0, 0.05) is 31.2 Å². The number of carbonyl (C=O) groups is 1. The van der Waals surface area contributed by atoms with Crippen LogP contribution in [0.1, 0.15) is 11.1 Å². The van der Waals surface area contributed by atoms with E-state index in [1.54, 1.807) is 23.1 Å². The molecule has 146 valence electrons. The van der Waals surface area contributed by atoms with Crippen molar-refractivity contribution >= 4 is 33.2 Å². The summed E-state index contributed by atoms with van der Waals surface area (Å²) >= 11 is 5.97. The zero-order chi connectivity index (χ0) is 20.3. The molecule has 1 aliphatic rings. The minimum absolute atomic E-state index is 0.0204. The second-order valence-corrected chi connectivity index (χ2v) is 8.51. The van der Waals surface area contributed by atoms with E-state index in [1.165, 1.54) is 12.1 Å². The first-order chi connectivity index (χ1) is 13.3. The third-order valence-corrected chi connectivity index (χ3v) is 5.78. The van der Waals surface area contributed by atoms with Crippen LogP contribution in [0.4, 0.5) is 5.69 Å². The van der Waals surface area contributed by atoms with Crippen molar-refractivity contribution in [2.75, 3.05) is 31.1 Å². The number of hydrogen-bond donors (Lipinski definition) is 1. The van der Waals surface area contributed by atoms with Crippen LogP contribution in [-0.2, 0) is 21.2 Å². The minimum atomic E-state index is -3.87. The Kier molecular flexibility index (Phi) is 5.89. The van der Waals surface area contributed by atoms with Crippen LogP contribution in [0.15, 0.2) is 47.4 Å². The standard InChI is InChI=1S/C19H19ClN4O3S/c20-16-3-1-2-14(10-16)11-19(25)24-8-6-23(7-9-24)18-5-4-17(28(22,26)27)12-15(18)13-21/h1-5,10,12H,6-9,11H2,(H2,22,26,27). The average molecular weight is 419 g/mol. The molecular formula is C19H19ClN4O3S. The third kappa shape index (κ3) is 4.62. The van der Waals surface area contributed by atoms with E-state index in [0.29, 0.717) is 36.9 Å². The fourth-order valence-corrected chi connectivity index (χ4v) is 3.94. The number of nitrogens with zero attached hydrogens (tertiary/aromatic N) is 3. The van der Waals surface area contributed by atoms with E-state index in [0.717, 1.165) is 5.56 Å². The number of nitriles is 1. The number of piperazine rings is 1. The zero-order valence-corrected chi connectivity index (χ0v) is 16.6. The van der Waals surface area contributed by atoms with E-state index in [1.807, 2.05) is 23.1 Å². The molecule has 2 aromatic carbocycles. The number of halogens is 1. The molecule has 1 fully saturated rings. The number of benzene rings is 2. The van der Waals surface area contributed by atoms with Crippen LogP contribution in [0.25, 0.3) is 0 Å². The number of sulfonamides is 1. The summed E-state index contributed by atoms with van der Waals surface area (Å²) < 4.78 is 23.0. The van der Waals surface area contributed by atoms with Gasteiger partial charge in [0.15, 0.2) is 0 Å². The van der Waals surface area contributed by atoms with Crippen molar-refractivity contribution in [2.24, 2.45) is 5.14 Å². The molecule has 1 amide bonds. The van der Waals surface area contributed by atoms with Gasteiger partial charge in [-0.05, 0) is 35.9 Å². The van der Waals surface area contributed by atoms with Gasteiger partial charge in [0.1, 0.15) is 6.07 Å². The van der Waals surface area contributed by atoms with E-state index in [2.05, 4.69) is 0 Å². The smallest absolute Gasteiger partial charge is 0.238 e. The molecule has 0 atom stereocenters. The van der Waals surface area contributed by atoms with Crippen LogP contribution >= 0.6 is 11.6 Å². The normalized spacial score (nSPS) is 14.6. The Labute approximate surface area is 169 Å². The Hall–Kier alpha value is -2.60. The highest BCUT2D eigenvalue weighted by molar-refractivity contribution is 7.89. The third-order valence-electron chi connectivity index (χ3n) is 4.63. The van der Waals surface area contributed by atoms with Crippen LogP contribution in [0.2, 0.25) is 5.02 Å². The summed E-state index contributed by atoms with van der Waals surface area (Å²) in [6, 6.07) is 13.5. The maximum atomic E-state index is 12.5. The zero-order valence-electron chi connectivity index (χ0n) is 15.0. The van der Waals surface area contributed by atoms with Gasteiger partial charge in [-0.15, -0.1) is 0 Å². The lowest BCUT2D eigenvalue weighted by molar-refractivity contribution is -0.130. The number of primary sulfonamides is 1. The van der Waals surface area contributed by atoms with E-state index in [-0.39, 0.29) is 22.8 Å². The molecule has 0 radical (unpaired) electrons. The second kappa shape index (κ2) is 8.19. The molecule has 28 heavy (non-hydrogen) atoms. The first-order valence-electron chi connectivity index (χ1n) is 8.62. The van der Waals surface area contributed by atoms with E-state index in [9.17, 15) is 18.5 Å². The van der Waals surface area contributed by atoms with Gasteiger partial charge in [-0.25, -0.2) is 13.6 Å². The summed E-state index contributed by atoms with van der Waals surface area (Å²) in [5.74, 6) is 0.0204. The Morgan fingerprint density at radius 2 is 1.86 bits per heavy atom. The Bertz CT molecular complexity index is 1040. The summed E-state index contributed by atoms with van der Waals surface area (Å²) in [7, 11) is -3.87. The van der Waals surface area contributed by atoms with Crippen LogP contribution < -0.4 is 10.0 Å². The highest BCUT2D eigenvalue weighted by Crippen LogP contribution is 2.24. The fourth-order valence-electron chi connectivity index (χ4n) is 3.19. The van der Waals surface area contributed by atoms with Gasteiger partial charge >= 0.3 is 0 Å². The van der Waals surface area contributed by atoms with Crippen LogP contribution in [-0.4, -0.2) is 45.4 Å². The molecule has 7 nitrogen and oxygen atoms in total. The lowest BCUT2D eigenvalue weighted by atomic mass is 10.1. The van der Waals surface area contributed by atoms with Crippen molar-refractivity contribution in [3.8, 4) is 6.07 Å². The molecule has 1 saturated heterocycles. The molecule has 1 heterocycles. The van der Waals surface area contributed by atoms with Crippen molar-refractivity contribution in [1.29, 1.82) is 5.26 Å². The SMILES string of the molecule is N#Cc1cc(S(N)(=O)=O)ccc1N1CCN(C(=O)Cc2cccc(Cl)c2)CC1. The molecule has 0 spiro atoms. The Balaban J connectivity index is 1.67. The molecule has 0 unspecified atom stereocenters. The maximum absolute atomic E-state index is 12.5. The molecule has 0 aromatic heterocycles. The number of carbonyl (C=O) groups excluding carboxylic acids is 1. The fraction of sp³-hybridized carbons (Fsp3) is 0.263. The van der Waals surface area contributed by atoms with E-state index >= 15 is 0 Å². The number of amides is 1. The van der Waals surface area contributed by atoms with Crippen LogP contribution in [0, 0.1) is 11.3 Å². The molecule has 2 N–H and O–H groups in total. The molecule has 1 aliphatic heterocycles. The van der Waals surface area contributed by atoms with E-state index < -0.39 is 10.0 Å². The van der Waals surface area contributed by atoms with Crippen molar-refractivity contribution in [3.05, 3.63) is 58.6 Å². The summed E-state index contributed by atoms with van der Waals surface area (Å²) in [6.07, 6.45) is 0.285. The Morgan fingerprint density at radius 3 is 2.46 bits per heavy atom.